The SMILES string of the molecule is COC(=O)c1cc(C2CC2)c(OCCC2CCN(C(CC#N)c3cc(Cl)cc(Cl)c3)CC2)cc1F. The summed E-state index contributed by atoms with van der Waals surface area (Å²) in [6, 6.07) is 10.6. The highest BCUT2D eigenvalue weighted by molar-refractivity contribution is 6.34. The number of esters is 1. The first-order valence-corrected chi connectivity index (χ1v) is 12.8. The molecular formula is C27H29Cl2FN2O3. The van der Waals surface area contributed by atoms with Crippen LogP contribution in [0.3, 0.4) is 0 Å². The third-order valence-corrected chi connectivity index (χ3v) is 7.39. The summed E-state index contributed by atoms with van der Waals surface area (Å²) in [6.07, 6.45) is 5.26. The Morgan fingerprint density at radius 2 is 1.83 bits per heavy atom. The molecule has 1 atom stereocenters. The summed E-state index contributed by atoms with van der Waals surface area (Å²) in [7, 11) is 1.25. The Morgan fingerprint density at radius 1 is 1.14 bits per heavy atom. The van der Waals surface area contributed by atoms with Gasteiger partial charge in [0.25, 0.3) is 0 Å². The Morgan fingerprint density at radius 3 is 2.43 bits per heavy atom. The number of benzene rings is 2. The van der Waals surface area contributed by atoms with Crippen LogP contribution in [0.2, 0.25) is 10.0 Å². The van der Waals surface area contributed by atoms with Crippen molar-refractivity contribution in [1.82, 2.24) is 4.90 Å². The van der Waals surface area contributed by atoms with Crippen LogP contribution < -0.4 is 4.74 Å². The maximum atomic E-state index is 14.5. The summed E-state index contributed by atoms with van der Waals surface area (Å²) >= 11 is 12.4. The smallest absolute Gasteiger partial charge is 0.340 e. The molecule has 2 aliphatic rings. The molecule has 0 N–H and O–H groups in total. The number of rotatable bonds is 9. The zero-order chi connectivity index (χ0) is 24.9. The Bertz CT molecular complexity index is 1090. The van der Waals surface area contributed by atoms with Gasteiger partial charge in [-0.25, -0.2) is 9.18 Å². The zero-order valence-corrected chi connectivity index (χ0v) is 21.2. The largest absolute Gasteiger partial charge is 0.493 e. The topological polar surface area (TPSA) is 62.6 Å². The fourth-order valence-corrected chi connectivity index (χ4v) is 5.42. The first-order valence-electron chi connectivity index (χ1n) is 12.0. The number of hydrogen-bond acceptors (Lipinski definition) is 5. The van der Waals surface area contributed by atoms with Crippen LogP contribution in [-0.4, -0.2) is 37.7 Å². The van der Waals surface area contributed by atoms with Gasteiger partial charge in [0.2, 0.25) is 0 Å². The lowest BCUT2D eigenvalue weighted by atomic mass is 9.91. The van der Waals surface area contributed by atoms with Crippen LogP contribution in [0.1, 0.15) is 72.0 Å². The van der Waals surface area contributed by atoms with E-state index in [-0.39, 0.29) is 11.6 Å². The van der Waals surface area contributed by atoms with Gasteiger partial charge in [-0.2, -0.15) is 5.26 Å². The second kappa shape index (κ2) is 11.6. The molecule has 2 aromatic rings. The van der Waals surface area contributed by atoms with Gasteiger partial charge in [-0.05, 0) is 92.4 Å². The predicted molar refractivity (Wildman–Crippen MR) is 134 cm³/mol. The summed E-state index contributed by atoms with van der Waals surface area (Å²) in [5, 5.41) is 10.5. The van der Waals surface area contributed by atoms with Crippen molar-refractivity contribution in [3.05, 3.63) is 62.9 Å². The Kier molecular flexibility index (Phi) is 8.54. The number of methoxy groups -OCH3 is 1. The number of likely N-dealkylation sites (tertiary alicyclic amines) is 1. The van der Waals surface area contributed by atoms with E-state index in [0.29, 0.717) is 40.7 Å². The quantitative estimate of drug-likeness (QED) is 0.336. The molecular weight excluding hydrogens is 490 g/mol. The van der Waals surface area contributed by atoms with Gasteiger partial charge in [0, 0.05) is 22.2 Å². The van der Waals surface area contributed by atoms with E-state index >= 15 is 0 Å². The maximum Gasteiger partial charge on any atom is 0.340 e. The highest BCUT2D eigenvalue weighted by Gasteiger charge is 2.30. The third kappa shape index (κ3) is 6.46. The first-order chi connectivity index (χ1) is 16.9. The van der Waals surface area contributed by atoms with Crippen molar-refractivity contribution in [2.75, 3.05) is 26.8 Å². The first kappa shape index (κ1) is 25.8. The van der Waals surface area contributed by atoms with Crippen LogP contribution in [-0.2, 0) is 4.74 Å². The number of halogens is 3. The fourth-order valence-electron chi connectivity index (χ4n) is 4.88. The lowest BCUT2D eigenvalue weighted by Gasteiger charge is -2.37. The molecule has 1 heterocycles. The van der Waals surface area contributed by atoms with Crippen molar-refractivity contribution < 1.29 is 18.7 Å². The van der Waals surface area contributed by atoms with Gasteiger partial charge in [-0.3, -0.25) is 4.90 Å². The van der Waals surface area contributed by atoms with Crippen LogP contribution in [0, 0.1) is 23.1 Å². The highest BCUT2D eigenvalue weighted by Crippen LogP contribution is 2.45. The van der Waals surface area contributed by atoms with E-state index in [1.54, 1.807) is 12.1 Å². The highest BCUT2D eigenvalue weighted by atomic mass is 35.5. The molecule has 2 fully saturated rings. The molecule has 0 aromatic heterocycles. The number of piperidine rings is 1. The molecule has 0 spiro atoms. The van der Waals surface area contributed by atoms with Crippen molar-refractivity contribution >= 4 is 29.2 Å². The molecule has 0 bridgehead atoms. The minimum absolute atomic E-state index is 0.0363. The van der Waals surface area contributed by atoms with Gasteiger partial charge >= 0.3 is 5.97 Å². The normalized spacial score (nSPS) is 17.6. The van der Waals surface area contributed by atoms with Crippen molar-refractivity contribution in [2.45, 2.75) is 50.5 Å². The van der Waals surface area contributed by atoms with Crippen molar-refractivity contribution in [3.8, 4) is 11.8 Å². The van der Waals surface area contributed by atoms with Crippen molar-refractivity contribution in [2.24, 2.45) is 5.92 Å². The number of carbonyl (C=O) groups is 1. The molecule has 5 nitrogen and oxygen atoms in total. The zero-order valence-electron chi connectivity index (χ0n) is 19.7. The molecule has 8 heteroatoms. The van der Waals surface area contributed by atoms with Crippen LogP contribution in [0.25, 0.3) is 0 Å². The summed E-state index contributed by atoms with van der Waals surface area (Å²) in [5.41, 5.74) is 1.82. The van der Waals surface area contributed by atoms with E-state index in [4.69, 9.17) is 32.7 Å². The minimum atomic E-state index is -0.669. The second-order valence-electron chi connectivity index (χ2n) is 9.33. The lowest BCUT2D eigenvalue weighted by molar-refractivity contribution is 0.0595. The van der Waals surface area contributed by atoms with E-state index in [9.17, 15) is 14.4 Å². The molecule has 1 unspecified atom stereocenters. The number of carbonyl (C=O) groups excluding carboxylic acids is 1. The van der Waals surface area contributed by atoms with Crippen LogP contribution in [0.5, 0.6) is 5.75 Å². The van der Waals surface area contributed by atoms with E-state index in [2.05, 4.69) is 11.0 Å². The number of nitrogens with zero attached hydrogens (tertiary/aromatic N) is 2. The third-order valence-electron chi connectivity index (χ3n) is 6.95. The molecule has 1 aliphatic heterocycles. The molecule has 4 rings (SSSR count). The summed E-state index contributed by atoms with van der Waals surface area (Å²) in [6.45, 7) is 2.24. The van der Waals surface area contributed by atoms with E-state index in [1.165, 1.54) is 13.2 Å². The van der Waals surface area contributed by atoms with Gasteiger partial charge in [-0.15, -0.1) is 0 Å². The van der Waals surface area contributed by atoms with E-state index in [1.807, 2.05) is 12.1 Å². The summed E-state index contributed by atoms with van der Waals surface area (Å²) in [4.78, 5) is 14.2. The van der Waals surface area contributed by atoms with Crippen LogP contribution >= 0.6 is 23.2 Å². The van der Waals surface area contributed by atoms with Gasteiger partial charge in [-0.1, -0.05) is 23.2 Å². The lowest BCUT2D eigenvalue weighted by Crippen LogP contribution is -2.37. The summed E-state index contributed by atoms with van der Waals surface area (Å²) in [5.74, 6) is 0.0449. The maximum absolute atomic E-state index is 14.5. The van der Waals surface area contributed by atoms with Gasteiger partial charge in [0.15, 0.2) is 0 Å². The fraction of sp³-hybridized carbons (Fsp3) is 0.481. The van der Waals surface area contributed by atoms with Gasteiger partial charge < -0.3 is 9.47 Å². The Balaban J connectivity index is 1.33. The average Bonchev–Trinajstić information content (AvgIpc) is 3.67. The van der Waals surface area contributed by atoms with Crippen LogP contribution in [0.15, 0.2) is 30.3 Å². The standard InChI is InChI=1S/C27H29Cl2FN2O3/c1-34-27(33)23-15-22(18-2-3-18)26(16-24(23)30)35-11-7-17-5-9-32(10-6-17)25(4-8-31)19-12-20(28)14-21(29)13-19/h12-18,25H,2-7,9-11H2,1H3. The van der Waals surface area contributed by atoms with Gasteiger partial charge in [0.1, 0.15) is 11.6 Å². The molecule has 1 saturated heterocycles. The Labute approximate surface area is 215 Å². The monoisotopic (exact) mass is 518 g/mol. The predicted octanol–water partition coefficient (Wildman–Crippen LogP) is 6.93. The van der Waals surface area contributed by atoms with Crippen molar-refractivity contribution in [3.63, 3.8) is 0 Å². The molecule has 2 aromatic carbocycles. The van der Waals surface area contributed by atoms with Gasteiger partial charge in [0.05, 0.1) is 31.8 Å². The molecule has 0 radical (unpaired) electrons. The van der Waals surface area contributed by atoms with Crippen LogP contribution in [0.4, 0.5) is 4.39 Å². The Hall–Kier alpha value is -2.33. The minimum Gasteiger partial charge on any atom is -0.493 e. The molecule has 0 amide bonds. The van der Waals surface area contributed by atoms with E-state index < -0.39 is 11.8 Å². The average molecular weight is 519 g/mol. The number of hydrogen-bond donors (Lipinski definition) is 0. The molecule has 1 saturated carbocycles. The molecule has 35 heavy (non-hydrogen) atoms. The molecule has 186 valence electrons. The number of ether oxygens (including phenoxy) is 2. The molecule has 1 aliphatic carbocycles. The second-order valence-corrected chi connectivity index (χ2v) is 10.2. The van der Waals surface area contributed by atoms with Crippen molar-refractivity contribution in [1.29, 1.82) is 5.26 Å². The summed E-state index contributed by atoms with van der Waals surface area (Å²) < 4.78 is 25.2. The van der Waals surface area contributed by atoms with E-state index in [0.717, 1.165) is 56.3 Å². The number of nitriles is 1.